The van der Waals surface area contributed by atoms with E-state index in [0.29, 0.717) is 17.1 Å². The summed E-state index contributed by atoms with van der Waals surface area (Å²) in [4.78, 5) is 2.20. The lowest BCUT2D eigenvalue weighted by atomic mass is 10.1. The van der Waals surface area contributed by atoms with Gasteiger partial charge in [0.2, 0.25) is 0 Å². The van der Waals surface area contributed by atoms with Gasteiger partial charge in [-0.3, -0.25) is 4.90 Å². The van der Waals surface area contributed by atoms with Gasteiger partial charge in [-0.25, -0.2) is 4.39 Å². The molecule has 0 unspecified atom stereocenters. The fraction of sp³-hybridized carbons (Fsp3) is 0.500. The molecule has 0 saturated heterocycles. The van der Waals surface area contributed by atoms with E-state index in [0.717, 1.165) is 12.1 Å². The molecule has 1 saturated carbocycles. The second-order valence-corrected chi connectivity index (χ2v) is 5.60. The van der Waals surface area contributed by atoms with Gasteiger partial charge in [0.05, 0.1) is 17.1 Å². The zero-order valence-corrected chi connectivity index (χ0v) is 11.8. The van der Waals surface area contributed by atoms with E-state index in [1.165, 1.54) is 31.7 Å². The van der Waals surface area contributed by atoms with E-state index in [1.807, 2.05) is 0 Å². The second-order valence-electron chi connectivity index (χ2n) is 4.75. The molecule has 0 atom stereocenters. The molecule has 4 heteroatoms. The lowest BCUT2D eigenvalue weighted by Gasteiger charge is -2.26. The monoisotopic (exact) mass is 310 g/mol. The molecule has 1 fully saturated rings. The molecule has 1 aliphatic rings. The summed E-state index contributed by atoms with van der Waals surface area (Å²) in [6.07, 6.45) is 4.84. The summed E-state index contributed by atoms with van der Waals surface area (Å²) in [6, 6.07) is 7.80. The summed E-state index contributed by atoms with van der Waals surface area (Å²) in [6.45, 7) is 1.16. The van der Waals surface area contributed by atoms with Crippen molar-refractivity contribution in [1.29, 1.82) is 5.26 Å². The molecule has 0 spiro atoms. The predicted octanol–water partition coefficient (Wildman–Crippen LogP) is 3.86. The largest absolute Gasteiger partial charge is 0.283 e. The highest BCUT2D eigenvalue weighted by atomic mass is 79.9. The molecule has 0 bridgehead atoms. The minimum atomic E-state index is -0.244. The number of halogens is 2. The summed E-state index contributed by atoms with van der Waals surface area (Å²) < 4.78 is 13.7. The van der Waals surface area contributed by atoms with Crippen molar-refractivity contribution in [1.82, 2.24) is 4.90 Å². The maximum absolute atomic E-state index is 13.2. The van der Waals surface area contributed by atoms with Crippen molar-refractivity contribution < 1.29 is 4.39 Å². The fourth-order valence-corrected chi connectivity index (χ4v) is 2.97. The highest BCUT2D eigenvalue weighted by Crippen LogP contribution is 2.25. The highest BCUT2D eigenvalue weighted by Gasteiger charge is 2.22. The zero-order valence-electron chi connectivity index (χ0n) is 10.2. The van der Waals surface area contributed by atoms with Gasteiger partial charge in [0, 0.05) is 12.6 Å². The molecule has 1 aromatic carbocycles. The lowest BCUT2D eigenvalue weighted by Crippen LogP contribution is -2.33. The fourth-order valence-electron chi connectivity index (χ4n) is 2.55. The molecule has 0 aliphatic heterocycles. The molecule has 0 amide bonds. The first kappa shape index (κ1) is 13.5. The first-order valence-electron chi connectivity index (χ1n) is 6.25. The summed E-state index contributed by atoms with van der Waals surface area (Å²) in [7, 11) is 0. The molecule has 0 radical (unpaired) electrons. The normalized spacial score (nSPS) is 16.1. The van der Waals surface area contributed by atoms with Crippen LogP contribution in [0.3, 0.4) is 0 Å². The summed E-state index contributed by atoms with van der Waals surface area (Å²) in [5.74, 6) is -0.244. The third-order valence-corrected chi connectivity index (χ3v) is 4.09. The molecule has 18 heavy (non-hydrogen) atoms. The van der Waals surface area contributed by atoms with Gasteiger partial charge in [0.15, 0.2) is 0 Å². The Balaban J connectivity index is 2.07. The molecular weight excluding hydrogens is 295 g/mol. The van der Waals surface area contributed by atoms with Gasteiger partial charge in [0.1, 0.15) is 5.82 Å². The quantitative estimate of drug-likeness (QED) is 0.790. The maximum atomic E-state index is 13.2. The third kappa shape index (κ3) is 3.30. The molecular formula is C14H16BrFN2. The van der Waals surface area contributed by atoms with Gasteiger partial charge >= 0.3 is 0 Å². The van der Waals surface area contributed by atoms with Crippen LogP contribution in [-0.4, -0.2) is 17.5 Å². The Hall–Kier alpha value is -0.920. The van der Waals surface area contributed by atoms with Crippen molar-refractivity contribution in [2.45, 2.75) is 38.3 Å². The SMILES string of the molecule is N#CCN(Cc1ccc(F)c(Br)c1)C1CCCC1. The van der Waals surface area contributed by atoms with Crippen molar-refractivity contribution in [3.63, 3.8) is 0 Å². The minimum Gasteiger partial charge on any atom is -0.283 e. The average molecular weight is 311 g/mol. The molecule has 0 aromatic heterocycles. The van der Waals surface area contributed by atoms with E-state index in [-0.39, 0.29) is 5.82 Å². The topological polar surface area (TPSA) is 27.0 Å². The Bertz CT molecular complexity index is 450. The van der Waals surface area contributed by atoms with Crippen molar-refractivity contribution in [2.75, 3.05) is 6.54 Å². The van der Waals surface area contributed by atoms with Crippen molar-refractivity contribution in [3.8, 4) is 6.07 Å². The van der Waals surface area contributed by atoms with Gasteiger partial charge < -0.3 is 0 Å². The minimum absolute atomic E-state index is 0.244. The van der Waals surface area contributed by atoms with Gasteiger partial charge in [-0.15, -0.1) is 0 Å². The molecule has 0 N–H and O–H groups in total. The first-order chi connectivity index (χ1) is 8.70. The van der Waals surface area contributed by atoms with Crippen LogP contribution < -0.4 is 0 Å². The Morgan fingerprint density at radius 1 is 1.39 bits per heavy atom. The van der Waals surface area contributed by atoms with Crippen LogP contribution in [-0.2, 0) is 6.54 Å². The predicted molar refractivity (Wildman–Crippen MR) is 72.4 cm³/mol. The van der Waals surface area contributed by atoms with Crippen LogP contribution in [0.1, 0.15) is 31.2 Å². The van der Waals surface area contributed by atoms with Gasteiger partial charge in [-0.1, -0.05) is 18.9 Å². The van der Waals surface area contributed by atoms with E-state index in [2.05, 4.69) is 26.9 Å². The number of benzene rings is 1. The maximum Gasteiger partial charge on any atom is 0.137 e. The van der Waals surface area contributed by atoms with E-state index < -0.39 is 0 Å². The molecule has 0 heterocycles. The zero-order chi connectivity index (χ0) is 13.0. The number of hydrogen-bond acceptors (Lipinski definition) is 2. The molecule has 1 aliphatic carbocycles. The van der Waals surface area contributed by atoms with Crippen LogP contribution in [0, 0.1) is 17.1 Å². The number of hydrogen-bond donors (Lipinski definition) is 0. The number of nitrogens with zero attached hydrogens (tertiary/aromatic N) is 2. The average Bonchev–Trinajstić information content (AvgIpc) is 2.87. The van der Waals surface area contributed by atoms with E-state index in [9.17, 15) is 4.39 Å². The summed E-state index contributed by atoms with van der Waals surface area (Å²) >= 11 is 3.20. The van der Waals surface area contributed by atoms with Crippen LogP contribution in [0.2, 0.25) is 0 Å². The summed E-state index contributed by atoms with van der Waals surface area (Å²) in [5, 5.41) is 8.91. The van der Waals surface area contributed by atoms with Crippen LogP contribution in [0.5, 0.6) is 0 Å². The summed E-state index contributed by atoms with van der Waals surface area (Å²) in [5.41, 5.74) is 1.05. The Morgan fingerprint density at radius 3 is 2.72 bits per heavy atom. The highest BCUT2D eigenvalue weighted by molar-refractivity contribution is 9.10. The Kier molecular flexibility index (Phi) is 4.73. The molecule has 2 rings (SSSR count). The van der Waals surface area contributed by atoms with E-state index in [1.54, 1.807) is 12.1 Å². The van der Waals surface area contributed by atoms with Crippen molar-refractivity contribution in [2.24, 2.45) is 0 Å². The number of nitriles is 1. The smallest absolute Gasteiger partial charge is 0.137 e. The van der Waals surface area contributed by atoms with Crippen molar-refractivity contribution in [3.05, 3.63) is 34.1 Å². The standard InChI is InChI=1S/C14H16BrFN2/c15-13-9-11(5-6-14(13)16)10-18(8-7-17)12-3-1-2-4-12/h5-6,9,12H,1-4,8,10H2. The van der Waals surface area contributed by atoms with Crippen LogP contribution in [0.25, 0.3) is 0 Å². The first-order valence-corrected chi connectivity index (χ1v) is 7.05. The van der Waals surface area contributed by atoms with Gasteiger partial charge in [-0.05, 0) is 46.5 Å². The van der Waals surface area contributed by atoms with Crippen LogP contribution in [0.15, 0.2) is 22.7 Å². The molecule has 96 valence electrons. The molecule has 2 nitrogen and oxygen atoms in total. The number of rotatable bonds is 4. The van der Waals surface area contributed by atoms with Crippen molar-refractivity contribution >= 4 is 15.9 Å². The van der Waals surface area contributed by atoms with E-state index in [4.69, 9.17) is 5.26 Å². The molecule has 1 aromatic rings. The second kappa shape index (κ2) is 6.31. The van der Waals surface area contributed by atoms with Gasteiger partial charge in [0.25, 0.3) is 0 Å². The van der Waals surface area contributed by atoms with Crippen LogP contribution in [0.4, 0.5) is 4.39 Å². The third-order valence-electron chi connectivity index (χ3n) is 3.48. The lowest BCUT2D eigenvalue weighted by molar-refractivity contribution is 0.214. The van der Waals surface area contributed by atoms with Gasteiger partial charge in [-0.2, -0.15) is 5.26 Å². The Morgan fingerprint density at radius 2 is 2.11 bits per heavy atom. The van der Waals surface area contributed by atoms with E-state index >= 15 is 0 Å². The van der Waals surface area contributed by atoms with Crippen LogP contribution >= 0.6 is 15.9 Å². The Labute approximate surface area is 116 Å².